The van der Waals surface area contributed by atoms with E-state index in [1.54, 1.807) is 18.7 Å². The smallest absolute Gasteiger partial charge is 0.243 e. The van der Waals surface area contributed by atoms with E-state index in [9.17, 15) is 12.8 Å². The highest BCUT2D eigenvalue weighted by atomic mass is 32.2. The summed E-state index contributed by atoms with van der Waals surface area (Å²) in [5, 5.41) is 0. The number of sulfonamides is 1. The molecule has 114 valence electrons. The summed E-state index contributed by atoms with van der Waals surface area (Å²) in [5.41, 5.74) is 6.43. The summed E-state index contributed by atoms with van der Waals surface area (Å²) in [6, 6.07) is 2.31. The van der Waals surface area contributed by atoms with Crippen LogP contribution in [0.25, 0.3) is 0 Å². The van der Waals surface area contributed by atoms with Crippen molar-refractivity contribution in [3.63, 3.8) is 0 Å². The molecule has 0 unspecified atom stereocenters. The molecule has 0 saturated heterocycles. The van der Waals surface area contributed by atoms with Crippen molar-refractivity contribution in [3.8, 4) is 0 Å². The van der Waals surface area contributed by atoms with Crippen molar-refractivity contribution in [2.45, 2.75) is 31.1 Å². The van der Waals surface area contributed by atoms with E-state index in [-0.39, 0.29) is 10.6 Å². The minimum Gasteiger partial charge on any atom is -0.398 e. The normalized spacial score (nSPS) is 11.8. The number of halogens is 1. The molecule has 0 amide bonds. The van der Waals surface area contributed by atoms with Crippen LogP contribution in [0.4, 0.5) is 10.1 Å². The van der Waals surface area contributed by atoms with Gasteiger partial charge in [-0.1, -0.05) is 6.42 Å². The Morgan fingerprint density at radius 3 is 2.65 bits per heavy atom. The Balaban J connectivity index is 2.63. The van der Waals surface area contributed by atoms with Crippen molar-refractivity contribution >= 4 is 27.5 Å². The molecule has 0 spiro atoms. The monoisotopic (exact) mass is 320 g/mol. The first-order chi connectivity index (χ1) is 9.38. The molecule has 4 nitrogen and oxygen atoms in total. The lowest BCUT2D eigenvalue weighted by Gasteiger charge is -2.09. The number of nitrogen functional groups attached to an aromatic ring is 1. The predicted molar refractivity (Wildman–Crippen MR) is 83.0 cm³/mol. The number of nitrogens with two attached hydrogens (primary N) is 1. The van der Waals surface area contributed by atoms with Crippen LogP contribution in [0.15, 0.2) is 17.0 Å². The van der Waals surface area contributed by atoms with Gasteiger partial charge in [-0.2, -0.15) is 11.8 Å². The van der Waals surface area contributed by atoms with E-state index in [0.717, 1.165) is 31.1 Å². The minimum atomic E-state index is -3.83. The average Bonchev–Trinajstić information content (AvgIpc) is 2.37. The lowest BCUT2D eigenvalue weighted by atomic mass is 10.2. The summed E-state index contributed by atoms with van der Waals surface area (Å²) >= 11 is 1.76. The van der Waals surface area contributed by atoms with Gasteiger partial charge in [0.15, 0.2) is 0 Å². The van der Waals surface area contributed by atoms with Gasteiger partial charge in [-0.05, 0) is 49.5 Å². The molecule has 0 heterocycles. The Morgan fingerprint density at radius 1 is 1.30 bits per heavy atom. The zero-order chi connectivity index (χ0) is 15.2. The van der Waals surface area contributed by atoms with Crippen LogP contribution in [-0.4, -0.2) is 27.0 Å². The highest BCUT2D eigenvalue weighted by Gasteiger charge is 2.19. The highest BCUT2D eigenvalue weighted by Crippen LogP contribution is 2.21. The standard InChI is InChI=1S/C13H21FN2O2S2/c1-10-8-11(14)13(9-12(10)15)20(17,18)16-6-4-3-5-7-19-2/h8-9,16H,3-7,15H2,1-2H3. The molecule has 0 bridgehead atoms. The van der Waals surface area contributed by atoms with Gasteiger partial charge in [-0.3, -0.25) is 0 Å². The fourth-order valence-corrected chi connectivity index (χ4v) is 3.37. The second-order valence-corrected chi connectivity index (χ2v) is 7.31. The molecule has 1 aromatic carbocycles. The summed E-state index contributed by atoms with van der Waals surface area (Å²) in [6.45, 7) is 1.94. The molecule has 7 heteroatoms. The summed E-state index contributed by atoms with van der Waals surface area (Å²) in [6.07, 6.45) is 4.77. The first kappa shape index (κ1) is 17.3. The second kappa shape index (κ2) is 7.85. The third-order valence-corrected chi connectivity index (χ3v) is 5.10. The molecule has 0 radical (unpaired) electrons. The molecule has 0 fully saturated rings. The predicted octanol–water partition coefficient (Wildman–Crippen LogP) is 2.53. The fraction of sp³-hybridized carbons (Fsp3) is 0.538. The maximum absolute atomic E-state index is 13.7. The summed E-state index contributed by atoms with van der Waals surface area (Å²) < 4.78 is 40.1. The number of benzene rings is 1. The van der Waals surface area contributed by atoms with Crippen LogP contribution in [0.2, 0.25) is 0 Å². The number of unbranched alkanes of at least 4 members (excludes halogenated alkanes) is 2. The first-order valence-electron chi connectivity index (χ1n) is 6.42. The lowest BCUT2D eigenvalue weighted by Crippen LogP contribution is -2.26. The maximum Gasteiger partial charge on any atom is 0.243 e. The minimum absolute atomic E-state index is 0.270. The fourth-order valence-electron chi connectivity index (χ4n) is 1.71. The Morgan fingerprint density at radius 2 is 2.00 bits per heavy atom. The highest BCUT2D eigenvalue weighted by molar-refractivity contribution is 7.98. The zero-order valence-electron chi connectivity index (χ0n) is 11.8. The number of aryl methyl sites for hydroxylation is 1. The molecular formula is C13H21FN2O2S2. The first-order valence-corrected chi connectivity index (χ1v) is 9.30. The van der Waals surface area contributed by atoms with E-state index in [1.165, 1.54) is 6.07 Å². The molecule has 1 rings (SSSR count). The number of rotatable bonds is 8. The van der Waals surface area contributed by atoms with Crippen LogP contribution >= 0.6 is 11.8 Å². The van der Waals surface area contributed by atoms with Gasteiger partial charge in [0.1, 0.15) is 10.7 Å². The van der Waals surface area contributed by atoms with Crippen LogP contribution in [0.5, 0.6) is 0 Å². The van der Waals surface area contributed by atoms with Gasteiger partial charge in [0, 0.05) is 12.2 Å². The SMILES string of the molecule is CSCCCCCNS(=O)(=O)c1cc(N)c(C)cc1F. The zero-order valence-corrected chi connectivity index (χ0v) is 13.4. The molecule has 0 atom stereocenters. The summed E-state index contributed by atoms with van der Waals surface area (Å²) in [5.74, 6) is 0.294. The Kier molecular flexibility index (Phi) is 6.78. The summed E-state index contributed by atoms with van der Waals surface area (Å²) in [4.78, 5) is -0.385. The van der Waals surface area contributed by atoms with Crippen molar-refractivity contribution in [3.05, 3.63) is 23.5 Å². The van der Waals surface area contributed by atoms with Crippen LogP contribution in [0, 0.1) is 12.7 Å². The Bertz CT molecular complexity index is 548. The van der Waals surface area contributed by atoms with E-state index in [0.29, 0.717) is 12.1 Å². The average molecular weight is 320 g/mol. The van der Waals surface area contributed by atoms with Crippen LogP contribution < -0.4 is 10.5 Å². The van der Waals surface area contributed by atoms with Crippen molar-refractivity contribution in [2.75, 3.05) is 24.3 Å². The molecule has 0 aliphatic rings. The quantitative estimate of drug-likeness (QED) is 0.570. The van der Waals surface area contributed by atoms with Gasteiger partial charge in [0.05, 0.1) is 0 Å². The van der Waals surface area contributed by atoms with Gasteiger partial charge in [0.25, 0.3) is 0 Å². The number of nitrogens with one attached hydrogen (secondary N) is 1. The molecule has 0 aromatic heterocycles. The molecular weight excluding hydrogens is 299 g/mol. The second-order valence-electron chi connectivity index (χ2n) is 4.59. The van der Waals surface area contributed by atoms with Gasteiger partial charge >= 0.3 is 0 Å². The van der Waals surface area contributed by atoms with E-state index < -0.39 is 15.8 Å². The largest absolute Gasteiger partial charge is 0.398 e. The third kappa shape index (κ3) is 4.96. The Labute approximate surface area is 124 Å². The van der Waals surface area contributed by atoms with Crippen LogP contribution in [0.3, 0.4) is 0 Å². The maximum atomic E-state index is 13.7. The van der Waals surface area contributed by atoms with Crippen molar-refractivity contribution in [2.24, 2.45) is 0 Å². The van der Waals surface area contributed by atoms with Gasteiger partial charge in [-0.15, -0.1) is 0 Å². The lowest BCUT2D eigenvalue weighted by molar-refractivity contribution is 0.553. The number of hydrogen-bond acceptors (Lipinski definition) is 4. The molecule has 0 saturated carbocycles. The van der Waals surface area contributed by atoms with Gasteiger partial charge < -0.3 is 5.73 Å². The molecule has 0 aliphatic carbocycles. The van der Waals surface area contributed by atoms with Crippen molar-refractivity contribution in [1.29, 1.82) is 0 Å². The number of anilines is 1. The third-order valence-electron chi connectivity index (χ3n) is 2.93. The van der Waals surface area contributed by atoms with Crippen LogP contribution in [-0.2, 0) is 10.0 Å². The number of thioether (sulfide) groups is 1. The molecule has 0 aliphatic heterocycles. The Hall–Kier alpha value is -0.790. The number of hydrogen-bond donors (Lipinski definition) is 2. The van der Waals surface area contributed by atoms with Crippen LogP contribution in [0.1, 0.15) is 24.8 Å². The van der Waals surface area contributed by atoms with E-state index in [4.69, 9.17) is 5.73 Å². The summed E-state index contributed by atoms with van der Waals surface area (Å²) in [7, 11) is -3.83. The van der Waals surface area contributed by atoms with E-state index in [1.807, 2.05) is 6.26 Å². The van der Waals surface area contributed by atoms with E-state index in [2.05, 4.69) is 4.72 Å². The topological polar surface area (TPSA) is 72.2 Å². The van der Waals surface area contributed by atoms with E-state index >= 15 is 0 Å². The molecule has 1 aromatic rings. The molecule has 20 heavy (non-hydrogen) atoms. The van der Waals surface area contributed by atoms with Crippen molar-refractivity contribution in [1.82, 2.24) is 4.72 Å². The van der Waals surface area contributed by atoms with Gasteiger partial charge in [-0.25, -0.2) is 17.5 Å². The molecule has 3 N–H and O–H groups in total. The van der Waals surface area contributed by atoms with Gasteiger partial charge in [0.2, 0.25) is 10.0 Å². The van der Waals surface area contributed by atoms with Crippen molar-refractivity contribution < 1.29 is 12.8 Å².